The van der Waals surface area contributed by atoms with Gasteiger partial charge in [0, 0.05) is 31.8 Å². The van der Waals surface area contributed by atoms with Crippen molar-refractivity contribution in [1.82, 2.24) is 15.1 Å². The van der Waals surface area contributed by atoms with Gasteiger partial charge in [-0.25, -0.2) is 4.79 Å². The minimum atomic E-state index is -3.78. The van der Waals surface area contributed by atoms with E-state index >= 15 is 0 Å². The summed E-state index contributed by atoms with van der Waals surface area (Å²) in [6.45, 7) is 7.41. The highest BCUT2D eigenvalue weighted by Gasteiger charge is 2.34. The van der Waals surface area contributed by atoms with Gasteiger partial charge in [0.15, 0.2) is 0 Å². The third kappa shape index (κ3) is 5.25. The second-order valence-electron chi connectivity index (χ2n) is 7.50. The number of hydrogen-bond donors (Lipinski definition) is 1. The van der Waals surface area contributed by atoms with E-state index in [1.165, 1.54) is 0 Å². The molecular weight excluding hydrogens is 420 g/mol. The minimum absolute atomic E-state index is 0.181. The Labute approximate surface area is 182 Å². The van der Waals surface area contributed by atoms with Crippen LogP contribution in [0.25, 0.3) is 4.91 Å². The molecule has 9 nitrogen and oxygen atoms in total. The van der Waals surface area contributed by atoms with Gasteiger partial charge in [0.05, 0.1) is 6.61 Å². The van der Waals surface area contributed by atoms with E-state index in [0.29, 0.717) is 49.6 Å². The number of urea groups is 1. The van der Waals surface area contributed by atoms with E-state index in [1.54, 1.807) is 30.9 Å². The Morgan fingerprint density at radius 2 is 1.81 bits per heavy atom. The largest absolute Gasteiger partial charge is 0.465 e. The Morgan fingerprint density at radius 3 is 2.48 bits per heavy atom. The van der Waals surface area contributed by atoms with Crippen LogP contribution in [0.2, 0.25) is 0 Å². The number of aryl methyl sites for hydroxylation is 1. The van der Waals surface area contributed by atoms with E-state index in [0.717, 1.165) is 5.56 Å². The topological polar surface area (TPSA) is 108 Å². The number of ether oxygens (including phenoxy) is 1. The van der Waals surface area contributed by atoms with Gasteiger partial charge < -0.3 is 19.9 Å². The molecule has 0 atom stereocenters. The maximum absolute atomic E-state index is 12.8. The number of nitrogens with zero attached hydrogens (tertiary/aromatic N) is 3. The summed E-state index contributed by atoms with van der Waals surface area (Å²) in [5.74, 6) is -0.0495. The minimum Gasteiger partial charge on any atom is -0.465 e. The van der Waals surface area contributed by atoms with Crippen molar-refractivity contribution in [2.24, 2.45) is 4.40 Å². The second kappa shape index (κ2) is 9.51. The lowest BCUT2D eigenvalue weighted by molar-refractivity contribution is -0.141. The van der Waals surface area contributed by atoms with Gasteiger partial charge in [-0.3, -0.25) is 4.79 Å². The Balaban J connectivity index is 1.70. The van der Waals surface area contributed by atoms with Gasteiger partial charge in [-0.2, -0.15) is 8.42 Å². The SMILES string of the molecule is CCOC(=O)CNC(=O)N1CCCN(C2=NS(=O)(=O)C(c3ccc(C)cc3)=C2C)CC1. The number of esters is 1. The average molecular weight is 449 g/mol. The first-order valence-electron chi connectivity index (χ1n) is 10.3. The molecule has 168 valence electrons. The van der Waals surface area contributed by atoms with Crippen molar-refractivity contribution in [2.75, 3.05) is 39.3 Å². The molecule has 1 fully saturated rings. The fourth-order valence-corrected chi connectivity index (χ4v) is 5.18. The van der Waals surface area contributed by atoms with Crippen molar-refractivity contribution in [3.63, 3.8) is 0 Å². The number of benzene rings is 1. The first-order chi connectivity index (χ1) is 14.7. The highest BCUT2D eigenvalue weighted by Crippen LogP contribution is 2.33. The van der Waals surface area contributed by atoms with E-state index < -0.39 is 16.0 Å². The summed E-state index contributed by atoms with van der Waals surface area (Å²) in [5.41, 5.74) is 2.29. The van der Waals surface area contributed by atoms with Crippen LogP contribution in [-0.4, -0.2) is 75.4 Å². The van der Waals surface area contributed by atoms with Crippen LogP contribution in [-0.2, 0) is 19.6 Å². The molecule has 10 heteroatoms. The molecule has 1 aromatic carbocycles. The number of sulfonamides is 1. The van der Waals surface area contributed by atoms with Gasteiger partial charge in [-0.1, -0.05) is 29.8 Å². The van der Waals surface area contributed by atoms with Gasteiger partial charge in [0.2, 0.25) is 0 Å². The highest BCUT2D eigenvalue weighted by molar-refractivity contribution is 8.00. The zero-order chi connectivity index (χ0) is 22.6. The first kappa shape index (κ1) is 22.8. The molecule has 0 radical (unpaired) electrons. The fourth-order valence-electron chi connectivity index (χ4n) is 3.69. The van der Waals surface area contributed by atoms with Crippen LogP contribution >= 0.6 is 0 Å². The Bertz CT molecular complexity index is 1010. The molecule has 2 heterocycles. The zero-order valence-corrected chi connectivity index (χ0v) is 18.9. The Morgan fingerprint density at radius 1 is 1.10 bits per heavy atom. The molecule has 0 bridgehead atoms. The molecule has 1 saturated heterocycles. The molecule has 3 rings (SSSR count). The summed E-state index contributed by atoms with van der Waals surface area (Å²) in [4.78, 5) is 27.6. The molecule has 1 aromatic rings. The Hall–Kier alpha value is -2.88. The molecule has 0 saturated carbocycles. The van der Waals surface area contributed by atoms with E-state index in [-0.39, 0.29) is 24.1 Å². The van der Waals surface area contributed by atoms with Crippen LogP contribution in [0.4, 0.5) is 4.79 Å². The van der Waals surface area contributed by atoms with Gasteiger partial charge in [0.1, 0.15) is 17.3 Å². The molecule has 1 N–H and O–H groups in total. The number of carbonyl (C=O) groups excluding carboxylic acids is 2. The van der Waals surface area contributed by atoms with Crippen LogP contribution in [0.15, 0.2) is 34.2 Å². The van der Waals surface area contributed by atoms with Gasteiger partial charge in [-0.05, 0) is 32.8 Å². The number of rotatable bonds is 4. The van der Waals surface area contributed by atoms with Crippen LogP contribution in [0.3, 0.4) is 0 Å². The second-order valence-corrected chi connectivity index (χ2v) is 9.04. The maximum atomic E-state index is 12.8. The lowest BCUT2D eigenvalue weighted by atomic mass is 10.1. The summed E-state index contributed by atoms with van der Waals surface area (Å²) >= 11 is 0. The predicted octanol–water partition coefficient (Wildman–Crippen LogP) is 1.75. The molecule has 31 heavy (non-hydrogen) atoms. The van der Waals surface area contributed by atoms with Gasteiger partial charge >= 0.3 is 12.0 Å². The fraction of sp³-hybridized carbons (Fsp3) is 0.476. The van der Waals surface area contributed by atoms with Crippen molar-refractivity contribution in [3.8, 4) is 0 Å². The summed E-state index contributed by atoms with van der Waals surface area (Å²) in [6, 6.07) is 7.00. The summed E-state index contributed by atoms with van der Waals surface area (Å²) < 4.78 is 34.4. The monoisotopic (exact) mass is 448 g/mol. The van der Waals surface area contributed by atoms with Gasteiger partial charge in [-0.15, -0.1) is 4.40 Å². The smallest absolute Gasteiger partial charge is 0.325 e. The highest BCUT2D eigenvalue weighted by atomic mass is 32.2. The van der Waals surface area contributed by atoms with Crippen molar-refractivity contribution in [3.05, 3.63) is 41.0 Å². The summed E-state index contributed by atoms with van der Waals surface area (Å²) in [5, 5.41) is 2.56. The molecule has 0 unspecified atom stereocenters. The Kier molecular flexibility index (Phi) is 6.99. The lowest BCUT2D eigenvalue weighted by Crippen LogP contribution is -2.44. The average Bonchev–Trinajstić information content (AvgIpc) is 2.88. The molecule has 2 aliphatic heterocycles. The summed E-state index contributed by atoms with van der Waals surface area (Å²) in [7, 11) is -3.78. The van der Waals surface area contributed by atoms with E-state index in [1.807, 2.05) is 24.0 Å². The van der Waals surface area contributed by atoms with E-state index in [2.05, 4.69) is 9.71 Å². The number of amidine groups is 1. The predicted molar refractivity (Wildman–Crippen MR) is 118 cm³/mol. The molecule has 2 amide bonds. The van der Waals surface area contributed by atoms with Crippen LogP contribution in [0, 0.1) is 6.92 Å². The van der Waals surface area contributed by atoms with Gasteiger partial charge in [0.25, 0.3) is 10.0 Å². The first-order valence-corrected chi connectivity index (χ1v) is 11.7. The zero-order valence-electron chi connectivity index (χ0n) is 18.1. The number of carbonyl (C=O) groups is 2. The van der Waals surface area contributed by atoms with E-state index in [9.17, 15) is 18.0 Å². The molecule has 0 aromatic heterocycles. The molecule has 0 aliphatic carbocycles. The van der Waals surface area contributed by atoms with E-state index in [4.69, 9.17) is 4.74 Å². The number of nitrogens with one attached hydrogen (secondary N) is 1. The summed E-state index contributed by atoms with van der Waals surface area (Å²) in [6.07, 6.45) is 0.652. The van der Waals surface area contributed by atoms with Crippen molar-refractivity contribution < 1.29 is 22.7 Å². The maximum Gasteiger partial charge on any atom is 0.325 e. The number of amides is 2. The molecule has 2 aliphatic rings. The standard InChI is InChI=1S/C21H28N4O5S/c1-4-30-18(26)14-22-21(27)25-11-5-10-24(12-13-25)20-16(3)19(31(28,29)23-20)17-8-6-15(2)7-9-17/h6-9H,4-5,10-14H2,1-3H3,(H,22,27). The van der Waals surface area contributed by atoms with Crippen molar-refractivity contribution >= 4 is 32.8 Å². The van der Waals surface area contributed by atoms with Crippen molar-refractivity contribution in [2.45, 2.75) is 27.2 Å². The molecule has 0 spiro atoms. The number of hydrogen-bond acceptors (Lipinski definition) is 6. The van der Waals surface area contributed by atoms with Crippen molar-refractivity contribution in [1.29, 1.82) is 0 Å². The lowest BCUT2D eigenvalue weighted by Gasteiger charge is -2.23. The van der Waals surface area contributed by atoms with Crippen LogP contribution in [0.5, 0.6) is 0 Å². The van der Waals surface area contributed by atoms with Crippen LogP contribution in [0.1, 0.15) is 31.4 Å². The third-order valence-electron chi connectivity index (χ3n) is 5.23. The quantitative estimate of drug-likeness (QED) is 0.703. The third-order valence-corrected chi connectivity index (χ3v) is 6.70. The molecular formula is C21H28N4O5S. The normalized spacial score (nSPS) is 18.5. The van der Waals surface area contributed by atoms with Crippen LogP contribution < -0.4 is 5.32 Å².